The number of nitrogens with zero attached hydrogens (tertiary/aromatic N) is 2. The van der Waals surface area contributed by atoms with Crippen LogP contribution in [0.2, 0.25) is 0 Å². The average Bonchev–Trinajstić information content (AvgIpc) is 2.87. The minimum absolute atomic E-state index is 0.252. The molecule has 20 heavy (non-hydrogen) atoms. The number of benzene rings is 2. The van der Waals surface area contributed by atoms with E-state index >= 15 is 0 Å². The molecule has 5 heteroatoms. The van der Waals surface area contributed by atoms with Crippen molar-refractivity contribution in [3.8, 4) is 11.4 Å². The highest BCUT2D eigenvalue weighted by atomic mass is 19.1. The van der Waals surface area contributed by atoms with Crippen LogP contribution < -0.4 is 5.73 Å². The summed E-state index contributed by atoms with van der Waals surface area (Å²) in [6, 6.07) is 13.8. The summed E-state index contributed by atoms with van der Waals surface area (Å²) in [6.07, 6.45) is 0.465. The Kier molecular flexibility index (Phi) is 3.16. The van der Waals surface area contributed by atoms with Crippen LogP contribution in [-0.4, -0.2) is 10.1 Å². The molecule has 0 aliphatic heterocycles. The van der Waals surface area contributed by atoms with Crippen molar-refractivity contribution < 1.29 is 8.91 Å². The molecule has 1 aromatic heterocycles. The van der Waals surface area contributed by atoms with Crippen LogP contribution >= 0.6 is 0 Å². The lowest BCUT2D eigenvalue weighted by Crippen LogP contribution is -1.91. The molecule has 0 aliphatic carbocycles. The van der Waals surface area contributed by atoms with Gasteiger partial charge < -0.3 is 10.3 Å². The van der Waals surface area contributed by atoms with Gasteiger partial charge in [-0.1, -0.05) is 29.4 Å². The highest BCUT2D eigenvalue weighted by Crippen LogP contribution is 2.20. The summed E-state index contributed by atoms with van der Waals surface area (Å²) in [5.74, 6) is 0.305. The Balaban J connectivity index is 1.86. The third-order valence-corrected chi connectivity index (χ3v) is 2.89. The van der Waals surface area contributed by atoms with E-state index in [0.29, 0.717) is 23.6 Å². The predicted molar refractivity (Wildman–Crippen MR) is 73.4 cm³/mol. The molecule has 0 spiro atoms. The first-order chi connectivity index (χ1) is 9.72. The lowest BCUT2D eigenvalue weighted by Gasteiger charge is -1.98. The fourth-order valence-electron chi connectivity index (χ4n) is 1.96. The van der Waals surface area contributed by atoms with Gasteiger partial charge in [-0.3, -0.25) is 0 Å². The van der Waals surface area contributed by atoms with Crippen LogP contribution in [-0.2, 0) is 6.42 Å². The molecule has 4 nitrogen and oxygen atoms in total. The molecule has 0 aliphatic rings. The first kappa shape index (κ1) is 12.3. The molecule has 0 fully saturated rings. The molecule has 2 N–H and O–H groups in total. The second kappa shape index (κ2) is 5.13. The number of hydrogen-bond donors (Lipinski definition) is 1. The van der Waals surface area contributed by atoms with Crippen molar-refractivity contribution in [2.24, 2.45) is 0 Å². The van der Waals surface area contributed by atoms with Gasteiger partial charge in [-0.15, -0.1) is 0 Å². The Morgan fingerprint density at radius 3 is 2.75 bits per heavy atom. The van der Waals surface area contributed by atoms with Crippen molar-refractivity contribution >= 4 is 5.69 Å². The SMILES string of the molecule is Nc1cccc(Cc2nc(-c3ccccc3F)no2)c1. The Bertz CT molecular complexity index is 739. The summed E-state index contributed by atoms with van der Waals surface area (Å²) >= 11 is 0. The first-order valence-electron chi connectivity index (χ1n) is 6.14. The Morgan fingerprint density at radius 1 is 1.10 bits per heavy atom. The number of rotatable bonds is 3. The molecule has 0 radical (unpaired) electrons. The van der Waals surface area contributed by atoms with Gasteiger partial charge in [-0.2, -0.15) is 4.98 Å². The van der Waals surface area contributed by atoms with Crippen LogP contribution in [0.5, 0.6) is 0 Å². The standard InChI is InChI=1S/C15H12FN3O/c16-13-7-2-1-6-12(13)15-18-14(20-19-15)9-10-4-3-5-11(17)8-10/h1-8H,9,17H2. The number of anilines is 1. The van der Waals surface area contributed by atoms with E-state index in [9.17, 15) is 4.39 Å². The minimum atomic E-state index is -0.371. The minimum Gasteiger partial charge on any atom is -0.399 e. The van der Waals surface area contributed by atoms with E-state index in [4.69, 9.17) is 10.3 Å². The molecule has 1 heterocycles. The Hall–Kier alpha value is -2.69. The maximum Gasteiger partial charge on any atom is 0.231 e. The third-order valence-electron chi connectivity index (χ3n) is 2.89. The molecule has 0 saturated heterocycles. The first-order valence-corrected chi connectivity index (χ1v) is 6.14. The lowest BCUT2D eigenvalue weighted by molar-refractivity contribution is 0.385. The molecule has 0 saturated carbocycles. The van der Waals surface area contributed by atoms with E-state index in [-0.39, 0.29) is 11.6 Å². The quantitative estimate of drug-likeness (QED) is 0.742. The van der Waals surface area contributed by atoms with Crippen LogP contribution in [0.15, 0.2) is 53.1 Å². The molecule has 2 aromatic carbocycles. The van der Waals surface area contributed by atoms with Crippen molar-refractivity contribution in [1.82, 2.24) is 10.1 Å². The van der Waals surface area contributed by atoms with E-state index in [1.54, 1.807) is 18.2 Å². The van der Waals surface area contributed by atoms with Crippen LogP contribution in [0.3, 0.4) is 0 Å². The molecule has 3 aromatic rings. The fraction of sp³-hybridized carbons (Fsp3) is 0.0667. The van der Waals surface area contributed by atoms with Gasteiger partial charge in [0.25, 0.3) is 0 Å². The number of nitrogen functional groups attached to an aromatic ring is 1. The van der Waals surface area contributed by atoms with Crippen LogP contribution in [0.25, 0.3) is 11.4 Å². The normalized spacial score (nSPS) is 10.7. The van der Waals surface area contributed by atoms with Crippen molar-refractivity contribution in [2.75, 3.05) is 5.73 Å². The smallest absolute Gasteiger partial charge is 0.231 e. The van der Waals surface area contributed by atoms with Crippen molar-refractivity contribution in [3.63, 3.8) is 0 Å². The molecule has 100 valence electrons. The van der Waals surface area contributed by atoms with Gasteiger partial charge in [0.1, 0.15) is 5.82 Å². The van der Waals surface area contributed by atoms with E-state index in [1.807, 2.05) is 24.3 Å². The number of aromatic nitrogens is 2. The zero-order valence-corrected chi connectivity index (χ0v) is 10.6. The summed E-state index contributed by atoms with van der Waals surface area (Å²) in [4.78, 5) is 4.21. The van der Waals surface area contributed by atoms with Gasteiger partial charge in [-0.05, 0) is 29.8 Å². The van der Waals surface area contributed by atoms with E-state index in [0.717, 1.165) is 5.56 Å². The zero-order chi connectivity index (χ0) is 13.9. The molecule has 0 amide bonds. The summed E-state index contributed by atoms with van der Waals surface area (Å²) in [5, 5.41) is 3.81. The van der Waals surface area contributed by atoms with Gasteiger partial charge in [0, 0.05) is 5.69 Å². The summed E-state index contributed by atoms with van der Waals surface area (Å²) in [5.41, 5.74) is 7.68. The second-order valence-electron chi connectivity index (χ2n) is 4.41. The highest BCUT2D eigenvalue weighted by molar-refractivity contribution is 5.54. The Morgan fingerprint density at radius 2 is 1.95 bits per heavy atom. The van der Waals surface area contributed by atoms with Gasteiger partial charge >= 0.3 is 0 Å². The van der Waals surface area contributed by atoms with Gasteiger partial charge in [-0.25, -0.2) is 4.39 Å². The van der Waals surface area contributed by atoms with Crippen LogP contribution in [0.4, 0.5) is 10.1 Å². The van der Waals surface area contributed by atoms with Crippen LogP contribution in [0.1, 0.15) is 11.5 Å². The van der Waals surface area contributed by atoms with Crippen molar-refractivity contribution in [3.05, 3.63) is 65.8 Å². The number of halogens is 1. The van der Waals surface area contributed by atoms with Gasteiger partial charge in [0.2, 0.25) is 11.7 Å². The lowest BCUT2D eigenvalue weighted by atomic mass is 10.1. The molecule has 0 bridgehead atoms. The van der Waals surface area contributed by atoms with Crippen molar-refractivity contribution in [1.29, 1.82) is 0 Å². The van der Waals surface area contributed by atoms with Crippen LogP contribution in [0, 0.1) is 5.82 Å². The number of nitrogens with two attached hydrogens (primary N) is 1. The fourth-order valence-corrected chi connectivity index (χ4v) is 1.96. The van der Waals surface area contributed by atoms with Gasteiger partial charge in [0.15, 0.2) is 0 Å². The molecule has 0 atom stereocenters. The summed E-state index contributed by atoms with van der Waals surface area (Å²) in [6.45, 7) is 0. The predicted octanol–water partition coefficient (Wildman–Crippen LogP) is 3.05. The zero-order valence-electron chi connectivity index (χ0n) is 10.6. The molecule has 0 unspecified atom stereocenters. The maximum atomic E-state index is 13.6. The highest BCUT2D eigenvalue weighted by Gasteiger charge is 2.12. The molecular weight excluding hydrogens is 257 g/mol. The molecular formula is C15H12FN3O. The van der Waals surface area contributed by atoms with Crippen molar-refractivity contribution in [2.45, 2.75) is 6.42 Å². The topological polar surface area (TPSA) is 64.9 Å². The maximum absolute atomic E-state index is 13.6. The second-order valence-corrected chi connectivity index (χ2v) is 4.41. The molecule has 3 rings (SSSR count). The Labute approximate surface area is 115 Å². The monoisotopic (exact) mass is 269 g/mol. The summed E-state index contributed by atoms with van der Waals surface area (Å²) in [7, 11) is 0. The number of hydrogen-bond acceptors (Lipinski definition) is 4. The largest absolute Gasteiger partial charge is 0.399 e. The summed E-state index contributed by atoms with van der Waals surface area (Å²) < 4.78 is 18.8. The third kappa shape index (κ3) is 2.51. The van der Waals surface area contributed by atoms with E-state index in [1.165, 1.54) is 6.07 Å². The van der Waals surface area contributed by atoms with E-state index < -0.39 is 0 Å². The average molecular weight is 269 g/mol. The van der Waals surface area contributed by atoms with Gasteiger partial charge in [0.05, 0.1) is 12.0 Å². The van der Waals surface area contributed by atoms with E-state index in [2.05, 4.69) is 10.1 Å².